The maximum atomic E-state index is 12.0. The third kappa shape index (κ3) is 12.9. The number of aromatic carboxylic acids is 1. The van der Waals surface area contributed by atoms with Crippen LogP contribution in [0.15, 0.2) is 24.3 Å². The first-order valence-electron chi connectivity index (χ1n) is 15.0. The number of nitrogens with one attached hydrogen (secondary N) is 2. The standard InChI is InChI=1S/C31H50N2O6/c1-32-31(30(37)38)24-26(31)16-15-22-33-28(34)17-13-11-9-7-5-3-2-4-6-8-10-12-14-23-39-27-20-18-25(19-21-27)29(35)36/h18-21,26,32H,2-17,22-24H2,1H3,(H,33,34)(H,35,36)(H,37,38). The van der Waals surface area contributed by atoms with E-state index in [0.29, 0.717) is 26.0 Å². The topological polar surface area (TPSA) is 125 Å². The van der Waals surface area contributed by atoms with Crippen LogP contribution in [-0.2, 0) is 9.59 Å². The smallest absolute Gasteiger partial charge is 0.335 e. The molecule has 1 aliphatic carbocycles. The van der Waals surface area contributed by atoms with Gasteiger partial charge >= 0.3 is 11.9 Å². The van der Waals surface area contributed by atoms with Gasteiger partial charge in [-0.1, -0.05) is 70.6 Å². The highest BCUT2D eigenvalue weighted by molar-refractivity contribution is 5.87. The van der Waals surface area contributed by atoms with Crippen molar-refractivity contribution in [2.24, 2.45) is 5.92 Å². The molecule has 1 saturated carbocycles. The van der Waals surface area contributed by atoms with Gasteiger partial charge in [0.1, 0.15) is 11.3 Å². The minimum Gasteiger partial charge on any atom is -0.494 e. The fourth-order valence-corrected chi connectivity index (χ4v) is 5.23. The van der Waals surface area contributed by atoms with Gasteiger partial charge < -0.3 is 25.6 Å². The molecule has 0 aliphatic heterocycles. The van der Waals surface area contributed by atoms with Crippen LogP contribution >= 0.6 is 0 Å². The van der Waals surface area contributed by atoms with E-state index in [1.54, 1.807) is 31.3 Å². The molecule has 0 bridgehead atoms. The van der Waals surface area contributed by atoms with E-state index < -0.39 is 17.5 Å². The molecule has 2 rings (SSSR count). The molecule has 1 aromatic carbocycles. The Morgan fingerprint density at radius 1 is 0.821 bits per heavy atom. The molecule has 2 unspecified atom stereocenters. The summed E-state index contributed by atoms with van der Waals surface area (Å²) < 4.78 is 5.67. The summed E-state index contributed by atoms with van der Waals surface area (Å²) in [5, 5.41) is 24.1. The zero-order valence-corrected chi connectivity index (χ0v) is 23.8. The predicted octanol–water partition coefficient (Wildman–Crippen LogP) is 6.18. The van der Waals surface area contributed by atoms with Gasteiger partial charge in [-0.05, 0) is 69.3 Å². The summed E-state index contributed by atoms with van der Waals surface area (Å²) in [6.07, 6.45) is 18.6. The van der Waals surface area contributed by atoms with Crippen LogP contribution < -0.4 is 15.4 Å². The van der Waals surface area contributed by atoms with Crippen LogP contribution in [0.3, 0.4) is 0 Å². The van der Waals surface area contributed by atoms with E-state index in [-0.39, 0.29) is 17.4 Å². The van der Waals surface area contributed by atoms with Crippen molar-refractivity contribution in [3.05, 3.63) is 29.8 Å². The first-order valence-corrected chi connectivity index (χ1v) is 15.0. The number of carboxylic acids is 2. The number of rotatable bonds is 24. The van der Waals surface area contributed by atoms with Gasteiger partial charge in [0.05, 0.1) is 12.2 Å². The molecular formula is C31H50N2O6. The molecule has 0 saturated heterocycles. The second-order valence-electron chi connectivity index (χ2n) is 10.9. The maximum Gasteiger partial charge on any atom is 0.335 e. The highest BCUT2D eigenvalue weighted by Gasteiger charge is 2.58. The highest BCUT2D eigenvalue weighted by Crippen LogP contribution is 2.46. The molecular weight excluding hydrogens is 496 g/mol. The third-order valence-corrected chi connectivity index (χ3v) is 7.90. The van der Waals surface area contributed by atoms with Crippen LogP contribution in [0.5, 0.6) is 5.75 Å². The van der Waals surface area contributed by atoms with E-state index in [1.807, 2.05) is 0 Å². The molecule has 0 spiro atoms. The normalized spacial score (nSPS) is 18.0. The van der Waals surface area contributed by atoms with E-state index in [2.05, 4.69) is 10.6 Å². The summed E-state index contributed by atoms with van der Waals surface area (Å²) in [6, 6.07) is 6.56. The molecule has 8 heteroatoms. The fraction of sp³-hybridized carbons (Fsp3) is 0.710. The Hall–Kier alpha value is -2.61. The monoisotopic (exact) mass is 546 g/mol. The largest absolute Gasteiger partial charge is 0.494 e. The number of benzene rings is 1. The maximum absolute atomic E-state index is 12.0. The van der Waals surface area contributed by atoms with Crippen molar-refractivity contribution in [1.29, 1.82) is 0 Å². The number of unbranched alkanes of at least 4 members (excludes halogenated alkanes) is 12. The zero-order chi connectivity index (χ0) is 28.3. The molecule has 1 fully saturated rings. The van der Waals surface area contributed by atoms with E-state index in [9.17, 15) is 19.5 Å². The molecule has 8 nitrogen and oxygen atoms in total. The summed E-state index contributed by atoms with van der Waals surface area (Å²) >= 11 is 0. The van der Waals surface area contributed by atoms with Gasteiger partial charge in [0.2, 0.25) is 5.91 Å². The summed E-state index contributed by atoms with van der Waals surface area (Å²) in [4.78, 5) is 34.1. The lowest BCUT2D eigenvalue weighted by Gasteiger charge is -2.11. The van der Waals surface area contributed by atoms with Crippen molar-refractivity contribution >= 4 is 17.8 Å². The Kier molecular flexibility index (Phi) is 15.6. The summed E-state index contributed by atoms with van der Waals surface area (Å²) in [6.45, 7) is 1.31. The van der Waals surface area contributed by atoms with Gasteiger partial charge in [-0.15, -0.1) is 0 Å². The van der Waals surface area contributed by atoms with Crippen molar-refractivity contribution in [2.45, 2.75) is 115 Å². The fourth-order valence-electron chi connectivity index (χ4n) is 5.23. The minimum atomic E-state index is -0.921. The number of likely N-dealkylation sites (N-methyl/N-ethyl adjacent to an activating group) is 1. The lowest BCUT2D eigenvalue weighted by Crippen LogP contribution is -2.38. The van der Waals surface area contributed by atoms with E-state index in [4.69, 9.17) is 9.84 Å². The van der Waals surface area contributed by atoms with Crippen molar-refractivity contribution in [3.63, 3.8) is 0 Å². The molecule has 0 heterocycles. The van der Waals surface area contributed by atoms with E-state index >= 15 is 0 Å². The van der Waals surface area contributed by atoms with Gasteiger partial charge in [0, 0.05) is 13.0 Å². The summed E-state index contributed by atoms with van der Waals surface area (Å²) in [7, 11) is 1.70. The lowest BCUT2D eigenvalue weighted by molar-refractivity contribution is -0.141. The Bertz CT molecular complexity index is 859. The van der Waals surface area contributed by atoms with Gasteiger partial charge in [-0.3, -0.25) is 9.59 Å². The van der Waals surface area contributed by atoms with Gasteiger partial charge in [0.15, 0.2) is 0 Å². The number of amides is 1. The van der Waals surface area contributed by atoms with Crippen LogP contribution in [0.2, 0.25) is 0 Å². The zero-order valence-electron chi connectivity index (χ0n) is 23.8. The van der Waals surface area contributed by atoms with Crippen molar-refractivity contribution in [3.8, 4) is 5.75 Å². The van der Waals surface area contributed by atoms with Crippen LogP contribution in [0.1, 0.15) is 120 Å². The average Bonchev–Trinajstić information content (AvgIpc) is 3.66. The van der Waals surface area contributed by atoms with Crippen molar-refractivity contribution in [1.82, 2.24) is 10.6 Å². The Labute approximate surface area is 234 Å². The SMILES string of the molecule is CNC1(C(=O)O)CC1CCCNC(=O)CCCCCCCCCCCCCCCOc1ccc(C(=O)O)cc1. The first-order chi connectivity index (χ1) is 18.9. The number of ether oxygens (including phenoxy) is 1. The molecule has 1 aliphatic rings. The second-order valence-corrected chi connectivity index (χ2v) is 10.9. The third-order valence-electron chi connectivity index (χ3n) is 7.90. The number of hydrogen-bond acceptors (Lipinski definition) is 5. The molecule has 2 atom stereocenters. The Morgan fingerprint density at radius 2 is 1.36 bits per heavy atom. The number of carboxylic acid groups (broad SMARTS) is 2. The van der Waals surface area contributed by atoms with Crippen molar-refractivity contribution < 1.29 is 29.3 Å². The molecule has 4 N–H and O–H groups in total. The van der Waals surface area contributed by atoms with E-state index in [0.717, 1.165) is 44.3 Å². The highest BCUT2D eigenvalue weighted by atomic mass is 16.5. The lowest BCUT2D eigenvalue weighted by atomic mass is 10.0. The van der Waals surface area contributed by atoms with Crippen LogP contribution in [0, 0.1) is 5.92 Å². The Morgan fingerprint density at radius 3 is 1.85 bits per heavy atom. The molecule has 1 amide bonds. The van der Waals surface area contributed by atoms with Gasteiger partial charge in [-0.25, -0.2) is 4.79 Å². The molecule has 220 valence electrons. The minimum absolute atomic E-state index is 0.115. The number of hydrogen-bond donors (Lipinski definition) is 4. The molecule has 0 aromatic heterocycles. The van der Waals surface area contributed by atoms with Gasteiger partial charge in [-0.2, -0.15) is 0 Å². The van der Waals surface area contributed by atoms with E-state index in [1.165, 1.54) is 57.8 Å². The number of aliphatic carboxylic acids is 1. The van der Waals surface area contributed by atoms with Gasteiger partial charge in [0.25, 0.3) is 0 Å². The van der Waals surface area contributed by atoms with Crippen LogP contribution in [-0.4, -0.2) is 53.8 Å². The predicted molar refractivity (Wildman–Crippen MR) is 153 cm³/mol. The second kappa shape index (κ2) is 18.6. The first kappa shape index (κ1) is 32.6. The van der Waals surface area contributed by atoms with Crippen LogP contribution in [0.4, 0.5) is 0 Å². The summed E-state index contributed by atoms with van der Waals surface area (Å²) in [5.74, 6) is -0.675. The quantitative estimate of drug-likeness (QED) is 0.114. The summed E-state index contributed by atoms with van der Waals surface area (Å²) in [5.41, 5.74) is -0.455. The average molecular weight is 547 g/mol. The van der Waals surface area contributed by atoms with Crippen LogP contribution in [0.25, 0.3) is 0 Å². The van der Waals surface area contributed by atoms with Crippen molar-refractivity contribution in [2.75, 3.05) is 20.2 Å². The molecule has 0 radical (unpaired) electrons. The molecule has 1 aromatic rings. The number of carbonyl (C=O) groups is 3. The Balaban J connectivity index is 1.27. The molecule has 39 heavy (non-hydrogen) atoms. The number of carbonyl (C=O) groups excluding carboxylic acids is 1.